The molecule has 2 rings (SSSR count). The van der Waals surface area contributed by atoms with Crippen molar-refractivity contribution < 1.29 is 4.79 Å². The molecular formula is C16H25N3O. The van der Waals surface area contributed by atoms with Gasteiger partial charge in [0.25, 0.3) is 0 Å². The molecule has 0 saturated carbocycles. The highest BCUT2D eigenvalue weighted by Crippen LogP contribution is 2.22. The van der Waals surface area contributed by atoms with E-state index in [2.05, 4.69) is 19.0 Å². The molecule has 4 heteroatoms. The number of amides is 1. The van der Waals surface area contributed by atoms with Gasteiger partial charge in [-0.15, -0.1) is 0 Å². The van der Waals surface area contributed by atoms with Crippen molar-refractivity contribution in [1.29, 1.82) is 0 Å². The Morgan fingerprint density at radius 2 is 2.10 bits per heavy atom. The number of nitrogens with zero attached hydrogens (tertiary/aromatic N) is 2. The molecule has 1 fully saturated rings. The Bertz CT molecular complexity index is 433. The molecular weight excluding hydrogens is 250 g/mol. The summed E-state index contributed by atoms with van der Waals surface area (Å²) in [6.07, 6.45) is 2.60. The van der Waals surface area contributed by atoms with E-state index in [0.29, 0.717) is 12.5 Å². The average molecular weight is 275 g/mol. The Morgan fingerprint density at radius 1 is 1.40 bits per heavy atom. The lowest BCUT2D eigenvalue weighted by atomic mass is 10.0. The summed E-state index contributed by atoms with van der Waals surface area (Å²) in [4.78, 5) is 16.6. The van der Waals surface area contributed by atoms with Gasteiger partial charge < -0.3 is 15.5 Å². The quantitative estimate of drug-likeness (QED) is 0.888. The van der Waals surface area contributed by atoms with Gasteiger partial charge in [-0.1, -0.05) is 30.3 Å². The highest BCUT2D eigenvalue weighted by atomic mass is 16.2. The summed E-state index contributed by atoms with van der Waals surface area (Å²) in [5, 5.41) is 0. The fraction of sp³-hybridized carbons (Fsp3) is 0.562. The maximum atomic E-state index is 12.4. The molecule has 1 aromatic rings. The molecule has 1 heterocycles. The zero-order chi connectivity index (χ0) is 14.5. The third-order valence-corrected chi connectivity index (χ3v) is 3.90. The van der Waals surface area contributed by atoms with Crippen LogP contribution in [0.4, 0.5) is 0 Å². The van der Waals surface area contributed by atoms with Crippen LogP contribution in [0.2, 0.25) is 0 Å². The second-order valence-corrected chi connectivity index (χ2v) is 5.87. The van der Waals surface area contributed by atoms with Crippen LogP contribution in [0.1, 0.15) is 30.9 Å². The fourth-order valence-electron chi connectivity index (χ4n) is 2.90. The van der Waals surface area contributed by atoms with E-state index in [1.54, 1.807) is 0 Å². The van der Waals surface area contributed by atoms with Crippen molar-refractivity contribution in [2.75, 3.05) is 27.2 Å². The van der Waals surface area contributed by atoms with Gasteiger partial charge in [0.15, 0.2) is 0 Å². The van der Waals surface area contributed by atoms with Crippen molar-refractivity contribution in [3.8, 4) is 0 Å². The molecule has 1 saturated heterocycles. The van der Waals surface area contributed by atoms with Crippen LogP contribution < -0.4 is 5.73 Å². The molecule has 1 aliphatic rings. The molecule has 20 heavy (non-hydrogen) atoms. The first kappa shape index (κ1) is 15.0. The maximum Gasteiger partial charge on any atom is 0.224 e. The zero-order valence-electron chi connectivity index (χ0n) is 12.5. The van der Waals surface area contributed by atoms with Crippen LogP contribution in [0.15, 0.2) is 30.3 Å². The highest BCUT2D eigenvalue weighted by molar-refractivity contribution is 5.77. The zero-order valence-corrected chi connectivity index (χ0v) is 12.5. The number of hydrogen-bond donors (Lipinski definition) is 1. The summed E-state index contributed by atoms with van der Waals surface area (Å²) >= 11 is 0. The van der Waals surface area contributed by atoms with Gasteiger partial charge in [0.2, 0.25) is 5.91 Å². The Kier molecular flexibility index (Phi) is 5.15. The van der Waals surface area contributed by atoms with E-state index in [9.17, 15) is 4.79 Å². The van der Waals surface area contributed by atoms with Crippen LogP contribution in [-0.4, -0.2) is 48.9 Å². The van der Waals surface area contributed by atoms with Gasteiger partial charge in [-0.2, -0.15) is 0 Å². The van der Waals surface area contributed by atoms with E-state index in [0.717, 1.165) is 31.5 Å². The Morgan fingerprint density at radius 3 is 2.75 bits per heavy atom. The minimum absolute atomic E-state index is 0.186. The van der Waals surface area contributed by atoms with E-state index >= 15 is 0 Å². The van der Waals surface area contributed by atoms with Gasteiger partial charge in [0, 0.05) is 31.6 Å². The molecule has 0 aliphatic carbocycles. The van der Waals surface area contributed by atoms with Crippen LogP contribution in [0.3, 0.4) is 0 Å². The topological polar surface area (TPSA) is 49.6 Å². The van der Waals surface area contributed by atoms with E-state index < -0.39 is 0 Å². The summed E-state index contributed by atoms with van der Waals surface area (Å²) in [5.74, 6) is 0.186. The van der Waals surface area contributed by atoms with Crippen molar-refractivity contribution in [3.63, 3.8) is 0 Å². The predicted molar refractivity (Wildman–Crippen MR) is 81.3 cm³/mol. The maximum absolute atomic E-state index is 12.4. The molecule has 1 aromatic carbocycles. The van der Waals surface area contributed by atoms with Crippen LogP contribution in [-0.2, 0) is 4.79 Å². The van der Waals surface area contributed by atoms with Gasteiger partial charge in [0.05, 0.1) is 0 Å². The molecule has 0 radical (unpaired) electrons. The summed E-state index contributed by atoms with van der Waals surface area (Å²) < 4.78 is 0. The van der Waals surface area contributed by atoms with E-state index in [4.69, 9.17) is 5.73 Å². The lowest BCUT2D eigenvalue weighted by Gasteiger charge is -2.28. The molecule has 0 spiro atoms. The Hall–Kier alpha value is -1.39. The minimum atomic E-state index is -0.204. The number of likely N-dealkylation sites (tertiary alicyclic amines) is 1. The van der Waals surface area contributed by atoms with Crippen molar-refractivity contribution >= 4 is 5.91 Å². The predicted octanol–water partition coefficient (Wildman–Crippen LogP) is 1.63. The third-order valence-electron chi connectivity index (χ3n) is 3.90. The smallest absolute Gasteiger partial charge is 0.224 e. The lowest BCUT2D eigenvalue weighted by Crippen LogP contribution is -2.42. The first-order valence-corrected chi connectivity index (χ1v) is 7.32. The second kappa shape index (κ2) is 6.86. The summed E-state index contributed by atoms with van der Waals surface area (Å²) in [6.45, 7) is 1.81. The van der Waals surface area contributed by atoms with Crippen LogP contribution in [0, 0.1) is 0 Å². The molecule has 0 bridgehead atoms. The molecule has 110 valence electrons. The standard InChI is InChI=1S/C16H25N3O/c1-18(2)12-14-9-6-10-19(14)16(20)11-15(17)13-7-4-3-5-8-13/h3-5,7-8,14-15H,6,9-12,17H2,1-2H3. The Balaban J connectivity index is 1.94. The van der Waals surface area contributed by atoms with Gasteiger partial charge in [-0.3, -0.25) is 4.79 Å². The summed E-state index contributed by atoms with van der Waals surface area (Å²) in [6, 6.07) is 10.0. The van der Waals surface area contributed by atoms with E-state index in [-0.39, 0.29) is 11.9 Å². The van der Waals surface area contributed by atoms with Gasteiger partial charge in [0.1, 0.15) is 0 Å². The number of carbonyl (C=O) groups is 1. The van der Waals surface area contributed by atoms with Crippen molar-refractivity contribution in [1.82, 2.24) is 9.80 Å². The number of likely N-dealkylation sites (N-methyl/N-ethyl adjacent to an activating group) is 1. The molecule has 2 unspecified atom stereocenters. The molecule has 2 atom stereocenters. The number of hydrogen-bond acceptors (Lipinski definition) is 3. The second-order valence-electron chi connectivity index (χ2n) is 5.87. The van der Waals surface area contributed by atoms with Gasteiger partial charge in [-0.05, 0) is 32.5 Å². The molecule has 4 nitrogen and oxygen atoms in total. The number of rotatable bonds is 5. The van der Waals surface area contributed by atoms with Crippen molar-refractivity contribution in [2.24, 2.45) is 5.73 Å². The van der Waals surface area contributed by atoms with Crippen LogP contribution >= 0.6 is 0 Å². The van der Waals surface area contributed by atoms with E-state index in [1.165, 1.54) is 0 Å². The molecule has 2 N–H and O–H groups in total. The Labute approximate surface area is 121 Å². The first-order chi connectivity index (χ1) is 9.58. The number of benzene rings is 1. The SMILES string of the molecule is CN(C)CC1CCCN1C(=O)CC(N)c1ccccc1. The monoisotopic (exact) mass is 275 g/mol. The normalized spacial score (nSPS) is 20.4. The fourth-order valence-corrected chi connectivity index (χ4v) is 2.90. The minimum Gasteiger partial charge on any atom is -0.338 e. The third kappa shape index (κ3) is 3.81. The van der Waals surface area contributed by atoms with Gasteiger partial charge >= 0.3 is 0 Å². The lowest BCUT2D eigenvalue weighted by molar-refractivity contribution is -0.132. The summed E-state index contributed by atoms with van der Waals surface area (Å²) in [5.41, 5.74) is 7.18. The largest absolute Gasteiger partial charge is 0.338 e. The van der Waals surface area contributed by atoms with Crippen molar-refractivity contribution in [2.45, 2.75) is 31.3 Å². The highest BCUT2D eigenvalue weighted by Gasteiger charge is 2.29. The molecule has 0 aromatic heterocycles. The molecule has 1 aliphatic heterocycles. The number of nitrogens with two attached hydrogens (primary N) is 1. The molecule has 1 amide bonds. The first-order valence-electron chi connectivity index (χ1n) is 7.32. The van der Waals surface area contributed by atoms with Crippen molar-refractivity contribution in [3.05, 3.63) is 35.9 Å². The number of carbonyl (C=O) groups excluding carboxylic acids is 1. The summed E-state index contributed by atoms with van der Waals surface area (Å²) in [7, 11) is 4.10. The van der Waals surface area contributed by atoms with E-state index in [1.807, 2.05) is 35.2 Å². The van der Waals surface area contributed by atoms with Crippen LogP contribution in [0.5, 0.6) is 0 Å². The average Bonchev–Trinajstić information content (AvgIpc) is 2.87. The van der Waals surface area contributed by atoms with Gasteiger partial charge in [-0.25, -0.2) is 0 Å². The van der Waals surface area contributed by atoms with Crippen LogP contribution in [0.25, 0.3) is 0 Å².